The van der Waals surface area contributed by atoms with Crippen molar-refractivity contribution < 1.29 is 39.3 Å². The van der Waals surface area contributed by atoms with E-state index in [0.717, 1.165) is 4.90 Å². The molecule has 2 aliphatic heterocycles. The van der Waals surface area contributed by atoms with Crippen LogP contribution in [0.5, 0.6) is 0 Å². The van der Waals surface area contributed by atoms with Gasteiger partial charge in [-0.25, -0.2) is 0 Å². The Morgan fingerprint density at radius 1 is 0.897 bits per heavy atom. The molecule has 0 aromatic heterocycles. The molecule has 2 aliphatic rings. The van der Waals surface area contributed by atoms with E-state index < -0.39 is 89.8 Å². The number of rotatable bonds is 4. The van der Waals surface area contributed by atoms with Crippen LogP contribution in [0.15, 0.2) is 30.3 Å². The Hall–Kier alpha value is -2.97. The van der Waals surface area contributed by atoms with Crippen LogP contribution in [0.1, 0.15) is 24.9 Å². The van der Waals surface area contributed by atoms with Crippen molar-refractivity contribution >= 4 is 52.7 Å². The Kier molecular flexibility index (Phi) is 10.5. The number of carbonyl (C=O) groups is 5. The highest BCUT2D eigenvalue weighted by Gasteiger charge is 2.49. The number of hydrogen-bond acceptors (Lipinski definition) is 8. The zero-order valence-electron chi connectivity index (χ0n) is 20.9. The van der Waals surface area contributed by atoms with Crippen molar-refractivity contribution in [2.24, 2.45) is 0 Å². The summed E-state index contributed by atoms with van der Waals surface area (Å²) in [5, 5.41) is 37.6. The van der Waals surface area contributed by atoms with E-state index in [-0.39, 0.29) is 13.0 Å². The average molecular weight is 588 g/mol. The number of halogens is 2. The number of aliphatic hydroxyl groups is 3. The molecule has 15 heteroatoms. The minimum absolute atomic E-state index is 0.195. The highest BCUT2D eigenvalue weighted by atomic mass is 35.5. The molecule has 2 saturated heterocycles. The van der Waals surface area contributed by atoms with Crippen LogP contribution in [0.4, 0.5) is 0 Å². The number of nitrogens with one attached hydrogen (secondary N) is 4. The first-order valence-corrected chi connectivity index (χ1v) is 13.1. The van der Waals surface area contributed by atoms with Gasteiger partial charge in [-0.15, -0.1) is 23.2 Å². The van der Waals surface area contributed by atoms with E-state index >= 15 is 0 Å². The van der Waals surface area contributed by atoms with E-state index in [2.05, 4.69) is 21.3 Å². The molecule has 5 amide bonds. The molecule has 2 heterocycles. The first-order chi connectivity index (χ1) is 18.5. The smallest absolute Gasteiger partial charge is 0.248 e. The highest BCUT2D eigenvalue weighted by Crippen LogP contribution is 2.29. The molecule has 39 heavy (non-hydrogen) atoms. The van der Waals surface area contributed by atoms with Gasteiger partial charge in [-0.1, -0.05) is 30.3 Å². The standard InChI is InChI=1S/C24H31Cl2N5O8/c1-11(34)19-22(37)29-15(9-32)21(36)28-14(12-5-3-2-4-6-12)7-17(35)27-16(10-33)24(39)31-8-13(25)18(26)20(31)23(38)30-19/h2-6,11,13-16,18-20,32-34H,7-10H2,1H3,(H,27,35)(H,28,36)(H,29,37)(H,30,38)/t11-,13+,14+,15-,16-,18+,19-,20-/m0/s1. The van der Waals surface area contributed by atoms with Gasteiger partial charge in [0, 0.05) is 6.54 Å². The SMILES string of the molecule is C[C@H](O)[C@@H]1NC(=O)[C@@H]2[C@H](Cl)[C@H](Cl)CN2C(=O)[C@H](CO)NC(=O)C[C@H](c2ccccc2)NC(=O)[C@H](CO)NC1=O. The predicted molar refractivity (Wildman–Crippen MR) is 138 cm³/mol. The van der Waals surface area contributed by atoms with E-state index in [1.807, 2.05) is 0 Å². The molecule has 1 aromatic carbocycles. The van der Waals surface area contributed by atoms with Crippen LogP contribution < -0.4 is 21.3 Å². The van der Waals surface area contributed by atoms with Crippen LogP contribution in [-0.4, -0.2) is 111 Å². The van der Waals surface area contributed by atoms with Gasteiger partial charge in [-0.05, 0) is 12.5 Å². The summed E-state index contributed by atoms with van der Waals surface area (Å²) in [6.07, 6.45) is -1.83. The highest BCUT2D eigenvalue weighted by molar-refractivity contribution is 6.32. The quantitative estimate of drug-likeness (QED) is 0.187. The third kappa shape index (κ3) is 7.17. The number of carbonyl (C=O) groups excluding carboxylic acids is 5. The number of nitrogens with zero attached hydrogens (tertiary/aromatic N) is 1. The Morgan fingerprint density at radius 3 is 2.13 bits per heavy atom. The lowest BCUT2D eigenvalue weighted by Gasteiger charge is -2.31. The molecule has 8 atom stereocenters. The molecule has 3 rings (SSSR count). The van der Waals surface area contributed by atoms with Gasteiger partial charge < -0.3 is 41.5 Å². The van der Waals surface area contributed by atoms with Gasteiger partial charge in [-0.2, -0.15) is 0 Å². The molecular weight excluding hydrogens is 557 g/mol. The number of fused-ring (bicyclic) bond motifs is 1. The molecule has 214 valence electrons. The monoisotopic (exact) mass is 587 g/mol. The number of hydrogen-bond donors (Lipinski definition) is 7. The summed E-state index contributed by atoms with van der Waals surface area (Å²) in [5.74, 6) is -4.33. The second-order valence-electron chi connectivity index (χ2n) is 9.35. The van der Waals surface area contributed by atoms with Crippen LogP contribution in [0.25, 0.3) is 0 Å². The van der Waals surface area contributed by atoms with Crippen LogP contribution in [-0.2, 0) is 24.0 Å². The van der Waals surface area contributed by atoms with E-state index in [0.29, 0.717) is 5.56 Å². The van der Waals surface area contributed by atoms with Gasteiger partial charge in [0.15, 0.2) is 0 Å². The lowest BCUT2D eigenvalue weighted by atomic mass is 10.0. The number of aliphatic hydroxyl groups excluding tert-OH is 3. The second kappa shape index (κ2) is 13.4. The minimum atomic E-state index is -1.60. The van der Waals surface area contributed by atoms with Crippen molar-refractivity contribution in [3.8, 4) is 0 Å². The van der Waals surface area contributed by atoms with Gasteiger partial charge >= 0.3 is 0 Å². The van der Waals surface area contributed by atoms with Crippen LogP contribution in [0, 0.1) is 0 Å². The van der Waals surface area contributed by atoms with E-state index in [4.69, 9.17) is 23.2 Å². The molecule has 7 N–H and O–H groups in total. The maximum absolute atomic E-state index is 13.3. The van der Waals surface area contributed by atoms with E-state index in [9.17, 15) is 39.3 Å². The summed E-state index contributed by atoms with van der Waals surface area (Å²) in [4.78, 5) is 66.5. The summed E-state index contributed by atoms with van der Waals surface area (Å²) >= 11 is 12.6. The topological polar surface area (TPSA) is 197 Å². The van der Waals surface area contributed by atoms with Crippen molar-refractivity contribution in [1.82, 2.24) is 26.2 Å². The van der Waals surface area contributed by atoms with Crippen LogP contribution in [0.3, 0.4) is 0 Å². The van der Waals surface area contributed by atoms with Gasteiger partial charge in [-0.3, -0.25) is 24.0 Å². The Balaban J connectivity index is 2.02. The fourth-order valence-electron chi connectivity index (χ4n) is 4.42. The van der Waals surface area contributed by atoms with E-state index in [1.54, 1.807) is 30.3 Å². The molecule has 0 radical (unpaired) electrons. The van der Waals surface area contributed by atoms with Crippen molar-refractivity contribution in [2.75, 3.05) is 19.8 Å². The summed E-state index contributed by atoms with van der Waals surface area (Å²) in [7, 11) is 0. The Labute approximate surface area is 234 Å². The number of benzene rings is 1. The van der Waals surface area contributed by atoms with Crippen molar-refractivity contribution in [3.63, 3.8) is 0 Å². The maximum atomic E-state index is 13.3. The molecule has 0 aliphatic carbocycles. The second-order valence-corrected chi connectivity index (χ2v) is 10.4. The first-order valence-electron chi connectivity index (χ1n) is 12.2. The zero-order valence-corrected chi connectivity index (χ0v) is 22.4. The van der Waals surface area contributed by atoms with Crippen molar-refractivity contribution in [1.29, 1.82) is 0 Å². The van der Waals surface area contributed by atoms with Gasteiger partial charge in [0.1, 0.15) is 24.2 Å². The summed E-state index contributed by atoms with van der Waals surface area (Å²) in [5.41, 5.74) is 0.515. The lowest BCUT2D eigenvalue weighted by Crippen LogP contribution is -2.62. The molecule has 0 unspecified atom stereocenters. The average Bonchev–Trinajstić information content (AvgIpc) is 3.21. The molecule has 1 aromatic rings. The Bertz CT molecular complexity index is 1080. The Morgan fingerprint density at radius 2 is 1.54 bits per heavy atom. The van der Waals surface area contributed by atoms with Crippen LogP contribution in [0.2, 0.25) is 0 Å². The fraction of sp³-hybridized carbons (Fsp3) is 0.542. The number of amides is 5. The van der Waals surface area contributed by atoms with Gasteiger partial charge in [0.05, 0.1) is 42.5 Å². The fourth-order valence-corrected chi connectivity index (χ4v) is 5.04. The third-order valence-electron chi connectivity index (χ3n) is 6.51. The normalized spacial score (nSPS) is 32.0. The summed E-state index contributed by atoms with van der Waals surface area (Å²) < 4.78 is 0. The largest absolute Gasteiger partial charge is 0.394 e. The summed E-state index contributed by atoms with van der Waals surface area (Å²) in [6, 6.07) is 1.45. The lowest BCUT2D eigenvalue weighted by molar-refractivity contribution is -0.143. The van der Waals surface area contributed by atoms with Gasteiger partial charge in [0.25, 0.3) is 0 Å². The van der Waals surface area contributed by atoms with Crippen molar-refractivity contribution in [3.05, 3.63) is 35.9 Å². The van der Waals surface area contributed by atoms with Gasteiger partial charge in [0.2, 0.25) is 29.5 Å². The first kappa shape index (κ1) is 30.6. The molecule has 0 spiro atoms. The molecule has 13 nitrogen and oxygen atoms in total. The van der Waals surface area contributed by atoms with Crippen LogP contribution >= 0.6 is 23.2 Å². The predicted octanol–water partition coefficient (Wildman–Crippen LogP) is -2.51. The molecule has 0 bridgehead atoms. The number of alkyl halides is 2. The molecule has 2 fully saturated rings. The third-order valence-corrected chi connectivity index (χ3v) is 7.59. The molecule has 0 saturated carbocycles. The maximum Gasteiger partial charge on any atom is 0.248 e. The van der Waals surface area contributed by atoms with Crippen molar-refractivity contribution in [2.45, 2.75) is 60.4 Å². The minimum Gasteiger partial charge on any atom is -0.394 e. The zero-order chi connectivity index (χ0) is 28.9. The summed E-state index contributed by atoms with van der Waals surface area (Å²) in [6.45, 7) is -0.622. The molecular formula is C24H31Cl2N5O8. The van der Waals surface area contributed by atoms with E-state index in [1.165, 1.54) is 6.92 Å².